The van der Waals surface area contributed by atoms with Gasteiger partial charge in [-0.05, 0) is 30.3 Å². The molecule has 0 aliphatic heterocycles. The summed E-state index contributed by atoms with van der Waals surface area (Å²) in [6, 6.07) is 8.51. The van der Waals surface area contributed by atoms with Crippen LogP contribution in [0, 0.1) is 0 Å². The van der Waals surface area contributed by atoms with Crippen LogP contribution in [0.1, 0.15) is 22.4 Å². The first-order valence-corrected chi connectivity index (χ1v) is 11.3. The number of carbonyl (C=O) groups is 2. The molecule has 1 N–H and O–H groups in total. The lowest BCUT2D eigenvalue weighted by molar-refractivity contribution is -0.118. The molecule has 3 rings (SSSR count). The van der Waals surface area contributed by atoms with Gasteiger partial charge in [0.05, 0.1) is 20.7 Å². The molecule has 0 spiro atoms. The van der Waals surface area contributed by atoms with Gasteiger partial charge in [0.1, 0.15) is 5.82 Å². The molecule has 2 heterocycles. The second kappa shape index (κ2) is 9.95. The normalized spacial score (nSPS) is 10.9. The van der Waals surface area contributed by atoms with Crippen LogP contribution in [-0.4, -0.2) is 38.8 Å². The van der Waals surface area contributed by atoms with E-state index in [-0.39, 0.29) is 17.4 Å². The van der Waals surface area contributed by atoms with E-state index >= 15 is 0 Å². The molecule has 0 fully saturated rings. The molecule has 11 heteroatoms. The molecule has 0 saturated carbocycles. The number of thiophene rings is 1. The van der Waals surface area contributed by atoms with E-state index in [1.807, 2.05) is 0 Å². The van der Waals surface area contributed by atoms with Crippen molar-refractivity contribution >= 4 is 69.6 Å². The molecular formula is C18H15Cl3N4O2S2. The summed E-state index contributed by atoms with van der Waals surface area (Å²) in [4.78, 5) is 24.2. The number of amides is 1. The minimum atomic E-state index is -0.128. The predicted molar refractivity (Wildman–Crippen MR) is 118 cm³/mol. The standard InChI is InChI=1S/C18H15Cl3N4O2S2/c1-10(26)22-5-4-17-23-24-18(25(17)13-7-11(19)6-12(20)8-13)28-9-14(27)15-2-3-16(21)29-15/h2-3,6-8H,4-5,9H2,1H3,(H,22,26). The minimum absolute atomic E-state index is 0.0506. The number of ketones is 1. The van der Waals surface area contributed by atoms with E-state index < -0.39 is 0 Å². The Kier molecular flexibility index (Phi) is 7.59. The van der Waals surface area contributed by atoms with E-state index in [9.17, 15) is 9.59 Å². The number of benzene rings is 1. The maximum absolute atomic E-state index is 12.4. The molecule has 0 radical (unpaired) electrons. The second-order valence-electron chi connectivity index (χ2n) is 5.91. The van der Waals surface area contributed by atoms with Crippen LogP contribution >= 0.6 is 57.9 Å². The summed E-state index contributed by atoms with van der Waals surface area (Å²) < 4.78 is 2.36. The van der Waals surface area contributed by atoms with Crippen LogP contribution in [0.2, 0.25) is 14.4 Å². The summed E-state index contributed by atoms with van der Waals surface area (Å²) in [5.74, 6) is 0.614. The van der Waals surface area contributed by atoms with Crippen molar-refractivity contribution in [1.82, 2.24) is 20.1 Å². The first kappa shape index (κ1) is 22.1. The van der Waals surface area contributed by atoms with Crippen LogP contribution in [0.5, 0.6) is 0 Å². The fraction of sp³-hybridized carbons (Fsp3) is 0.222. The quantitative estimate of drug-likeness (QED) is 0.358. The lowest BCUT2D eigenvalue weighted by Crippen LogP contribution is -2.23. The monoisotopic (exact) mass is 488 g/mol. The lowest BCUT2D eigenvalue weighted by Gasteiger charge is -2.11. The van der Waals surface area contributed by atoms with Crippen LogP contribution in [-0.2, 0) is 11.2 Å². The highest BCUT2D eigenvalue weighted by Crippen LogP contribution is 2.29. The van der Waals surface area contributed by atoms with E-state index in [1.165, 1.54) is 30.0 Å². The molecule has 0 bridgehead atoms. The Hall–Kier alpha value is -1.58. The Labute approximate surface area is 190 Å². The van der Waals surface area contributed by atoms with Crippen LogP contribution in [0.15, 0.2) is 35.5 Å². The zero-order valence-corrected chi connectivity index (χ0v) is 19.0. The van der Waals surface area contributed by atoms with Gasteiger partial charge in [-0.1, -0.05) is 46.6 Å². The molecule has 152 valence electrons. The van der Waals surface area contributed by atoms with E-state index in [4.69, 9.17) is 34.8 Å². The summed E-state index contributed by atoms with van der Waals surface area (Å²) >= 11 is 20.7. The number of thioether (sulfide) groups is 1. The Bertz CT molecular complexity index is 1030. The van der Waals surface area contributed by atoms with Crippen molar-refractivity contribution in [3.8, 4) is 5.69 Å². The largest absolute Gasteiger partial charge is 0.356 e. The summed E-state index contributed by atoms with van der Waals surface area (Å²) in [5, 5.41) is 12.6. The predicted octanol–water partition coefficient (Wildman–Crippen LogP) is 4.94. The number of nitrogens with zero attached hydrogens (tertiary/aromatic N) is 3. The minimum Gasteiger partial charge on any atom is -0.356 e. The van der Waals surface area contributed by atoms with E-state index in [0.29, 0.717) is 48.9 Å². The Morgan fingerprint density at radius 1 is 1.14 bits per heavy atom. The molecule has 29 heavy (non-hydrogen) atoms. The van der Waals surface area contributed by atoms with Crippen molar-refractivity contribution in [2.75, 3.05) is 12.3 Å². The van der Waals surface area contributed by atoms with Crippen molar-refractivity contribution in [3.05, 3.63) is 55.4 Å². The fourth-order valence-electron chi connectivity index (χ4n) is 2.50. The van der Waals surface area contributed by atoms with Gasteiger partial charge in [-0.25, -0.2) is 0 Å². The van der Waals surface area contributed by atoms with Gasteiger partial charge in [0.25, 0.3) is 0 Å². The average Bonchev–Trinajstić information content (AvgIpc) is 3.25. The molecule has 0 aliphatic rings. The van der Waals surface area contributed by atoms with Gasteiger partial charge in [-0.15, -0.1) is 21.5 Å². The van der Waals surface area contributed by atoms with Gasteiger partial charge in [0.15, 0.2) is 10.9 Å². The van der Waals surface area contributed by atoms with Gasteiger partial charge in [0, 0.05) is 29.9 Å². The van der Waals surface area contributed by atoms with Crippen LogP contribution < -0.4 is 5.32 Å². The molecule has 1 amide bonds. The first-order valence-electron chi connectivity index (χ1n) is 8.40. The molecule has 1 aromatic carbocycles. The van der Waals surface area contributed by atoms with Crippen LogP contribution in [0.25, 0.3) is 5.69 Å². The molecule has 0 unspecified atom stereocenters. The molecule has 0 atom stereocenters. The van der Waals surface area contributed by atoms with Crippen molar-refractivity contribution in [2.45, 2.75) is 18.5 Å². The van der Waals surface area contributed by atoms with Gasteiger partial charge < -0.3 is 5.32 Å². The molecule has 2 aromatic heterocycles. The fourth-order valence-corrected chi connectivity index (χ4v) is 4.94. The molecule has 0 aliphatic carbocycles. The summed E-state index contributed by atoms with van der Waals surface area (Å²) in [5.41, 5.74) is 0.680. The van der Waals surface area contributed by atoms with Crippen molar-refractivity contribution in [3.63, 3.8) is 0 Å². The highest BCUT2D eigenvalue weighted by atomic mass is 35.5. The first-order chi connectivity index (χ1) is 13.8. The lowest BCUT2D eigenvalue weighted by atomic mass is 10.3. The maximum atomic E-state index is 12.4. The topological polar surface area (TPSA) is 76.9 Å². The van der Waals surface area contributed by atoms with Gasteiger partial charge >= 0.3 is 0 Å². The number of halogens is 3. The maximum Gasteiger partial charge on any atom is 0.216 e. The molecule has 3 aromatic rings. The van der Waals surface area contributed by atoms with Gasteiger partial charge in [-0.2, -0.15) is 0 Å². The van der Waals surface area contributed by atoms with Crippen LogP contribution in [0.3, 0.4) is 0 Å². The van der Waals surface area contributed by atoms with Gasteiger partial charge in [-0.3, -0.25) is 14.2 Å². The van der Waals surface area contributed by atoms with Crippen molar-refractivity contribution < 1.29 is 9.59 Å². The Balaban J connectivity index is 1.86. The number of hydrogen-bond donors (Lipinski definition) is 1. The van der Waals surface area contributed by atoms with E-state index in [2.05, 4.69) is 15.5 Å². The highest BCUT2D eigenvalue weighted by molar-refractivity contribution is 7.99. The molecule has 0 saturated heterocycles. The SMILES string of the molecule is CC(=O)NCCc1nnc(SCC(=O)c2ccc(Cl)s2)n1-c1cc(Cl)cc(Cl)c1. The summed E-state index contributed by atoms with van der Waals surface area (Å²) in [6.45, 7) is 1.85. The van der Waals surface area contributed by atoms with Crippen molar-refractivity contribution in [1.29, 1.82) is 0 Å². The number of hydrogen-bond acceptors (Lipinski definition) is 6. The summed E-state index contributed by atoms with van der Waals surface area (Å²) in [6.07, 6.45) is 0.450. The third kappa shape index (κ3) is 5.96. The number of Topliss-reactive ketones (excluding diaryl/α,β-unsaturated/α-hetero) is 1. The van der Waals surface area contributed by atoms with E-state index in [1.54, 1.807) is 34.9 Å². The Morgan fingerprint density at radius 2 is 1.86 bits per heavy atom. The number of carbonyl (C=O) groups excluding carboxylic acids is 2. The summed E-state index contributed by atoms with van der Waals surface area (Å²) in [7, 11) is 0. The van der Waals surface area contributed by atoms with Crippen molar-refractivity contribution in [2.24, 2.45) is 0 Å². The van der Waals surface area contributed by atoms with Crippen LogP contribution in [0.4, 0.5) is 0 Å². The third-order valence-electron chi connectivity index (χ3n) is 3.71. The number of nitrogens with one attached hydrogen (secondary N) is 1. The van der Waals surface area contributed by atoms with Gasteiger partial charge in [0.2, 0.25) is 5.91 Å². The molecular weight excluding hydrogens is 475 g/mol. The van der Waals surface area contributed by atoms with E-state index in [0.717, 1.165) is 0 Å². The zero-order chi connectivity index (χ0) is 21.0. The third-order valence-corrected chi connectivity index (χ3v) is 6.35. The highest BCUT2D eigenvalue weighted by Gasteiger charge is 2.18. The molecule has 6 nitrogen and oxygen atoms in total. The number of aromatic nitrogens is 3. The zero-order valence-electron chi connectivity index (χ0n) is 15.1. The second-order valence-corrected chi connectivity index (χ2v) is 9.44. The average molecular weight is 490 g/mol. The Morgan fingerprint density at radius 3 is 2.48 bits per heavy atom. The number of rotatable bonds is 8. The smallest absolute Gasteiger partial charge is 0.216 e.